The fraction of sp³-hybridized carbons (Fsp3) is 0.500. The molecule has 3 heterocycles. The van der Waals surface area contributed by atoms with E-state index in [0.717, 1.165) is 18.9 Å². The van der Waals surface area contributed by atoms with Crippen molar-refractivity contribution in [3.8, 4) is 0 Å². The van der Waals surface area contributed by atoms with E-state index in [1.165, 1.54) is 6.20 Å². The molecule has 0 atom stereocenters. The van der Waals surface area contributed by atoms with Gasteiger partial charge in [-0.3, -0.25) is 9.78 Å². The van der Waals surface area contributed by atoms with Crippen LogP contribution in [-0.4, -0.2) is 52.0 Å². The molecule has 1 saturated heterocycles. The van der Waals surface area contributed by atoms with Crippen LogP contribution < -0.4 is 4.90 Å². The predicted octanol–water partition coefficient (Wildman–Crippen LogP) is 2.82. The number of alkyl halides is 3. The zero-order valence-corrected chi connectivity index (χ0v) is 15.3. The van der Waals surface area contributed by atoms with Gasteiger partial charge in [0.2, 0.25) is 0 Å². The summed E-state index contributed by atoms with van der Waals surface area (Å²) in [5, 5.41) is 0. The van der Waals surface area contributed by atoms with E-state index >= 15 is 0 Å². The lowest BCUT2D eigenvalue weighted by molar-refractivity contribution is -0.141. The van der Waals surface area contributed by atoms with Crippen molar-refractivity contribution in [1.82, 2.24) is 19.4 Å². The SMILES string of the molecule is CN(CC1CCN(c2ccnc(C(F)(F)F)c2)CC1)C(=O)c1cn(C)cn1. The first-order chi connectivity index (χ1) is 12.7. The van der Waals surface area contributed by atoms with Gasteiger partial charge in [-0.1, -0.05) is 0 Å². The first-order valence-electron chi connectivity index (χ1n) is 8.75. The summed E-state index contributed by atoms with van der Waals surface area (Å²) in [4.78, 5) is 23.5. The van der Waals surface area contributed by atoms with E-state index < -0.39 is 11.9 Å². The molecule has 0 N–H and O–H groups in total. The lowest BCUT2D eigenvalue weighted by Gasteiger charge is -2.35. The van der Waals surface area contributed by atoms with Crippen LogP contribution in [0.3, 0.4) is 0 Å². The van der Waals surface area contributed by atoms with Gasteiger partial charge < -0.3 is 14.4 Å². The van der Waals surface area contributed by atoms with Gasteiger partial charge in [-0.05, 0) is 30.9 Å². The molecule has 1 aliphatic heterocycles. The zero-order chi connectivity index (χ0) is 19.6. The molecule has 6 nitrogen and oxygen atoms in total. The van der Waals surface area contributed by atoms with Gasteiger partial charge in [-0.2, -0.15) is 13.2 Å². The highest BCUT2D eigenvalue weighted by Gasteiger charge is 2.33. The second-order valence-corrected chi connectivity index (χ2v) is 6.94. The van der Waals surface area contributed by atoms with Crippen LogP contribution in [0.4, 0.5) is 18.9 Å². The van der Waals surface area contributed by atoms with Gasteiger partial charge in [0, 0.05) is 51.8 Å². The van der Waals surface area contributed by atoms with Crippen molar-refractivity contribution in [3.63, 3.8) is 0 Å². The zero-order valence-electron chi connectivity index (χ0n) is 15.3. The first-order valence-corrected chi connectivity index (χ1v) is 8.75. The lowest BCUT2D eigenvalue weighted by atomic mass is 9.96. The molecule has 0 spiro atoms. The molecule has 2 aromatic heterocycles. The number of aromatic nitrogens is 3. The molecule has 0 aliphatic carbocycles. The third kappa shape index (κ3) is 4.58. The number of pyridine rings is 1. The minimum Gasteiger partial charge on any atom is -0.371 e. The summed E-state index contributed by atoms with van der Waals surface area (Å²) < 4.78 is 40.2. The largest absolute Gasteiger partial charge is 0.433 e. The molecule has 1 fully saturated rings. The molecule has 0 unspecified atom stereocenters. The van der Waals surface area contributed by atoms with Crippen LogP contribution in [0.1, 0.15) is 29.0 Å². The van der Waals surface area contributed by atoms with Crippen molar-refractivity contribution >= 4 is 11.6 Å². The molecule has 146 valence electrons. The molecule has 1 aliphatic rings. The van der Waals surface area contributed by atoms with Crippen molar-refractivity contribution < 1.29 is 18.0 Å². The summed E-state index contributed by atoms with van der Waals surface area (Å²) in [6, 6.07) is 2.70. The fourth-order valence-corrected chi connectivity index (χ4v) is 3.33. The number of nitrogens with zero attached hydrogens (tertiary/aromatic N) is 5. The molecule has 1 amide bonds. The Labute approximate surface area is 155 Å². The van der Waals surface area contributed by atoms with Crippen molar-refractivity contribution in [2.24, 2.45) is 13.0 Å². The van der Waals surface area contributed by atoms with Crippen molar-refractivity contribution in [2.45, 2.75) is 19.0 Å². The average molecular weight is 381 g/mol. The molecule has 3 rings (SSSR count). The van der Waals surface area contributed by atoms with E-state index in [1.807, 2.05) is 11.9 Å². The number of hydrogen-bond acceptors (Lipinski definition) is 4. The molecule has 27 heavy (non-hydrogen) atoms. The van der Waals surface area contributed by atoms with Gasteiger partial charge in [0.15, 0.2) is 0 Å². The first kappa shape index (κ1) is 19.2. The number of piperidine rings is 1. The van der Waals surface area contributed by atoms with Gasteiger partial charge in [0.25, 0.3) is 5.91 Å². The van der Waals surface area contributed by atoms with Crippen molar-refractivity contribution in [3.05, 3.63) is 42.2 Å². The molecule has 0 aromatic carbocycles. The third-order valence-corrected chi connectivity index (χ3v) is 4.82. The molecule has 0 bridgehead atoms. The summed E-state index contributed by atoms with van der Waals surface area (Å²) in [6.07, 6.45) is 1.64. The molecule has 2 aromatic rings. The monoisotopic (exact) mass is 381 g/mol. The van der Waals surface area contributed by atoms with Gasteiger partial charge in [-0.15, -0.1) is 0 Å². The number of carbonyl (C=O) groups is 1. The standard InChI is InChI=1S/C18H22F3N5O/c1-24-11-15(23-12-24)17(27)25(2)10-13-4-7-26(8-5-13)14-3-6-22-16(9-14)18(19,20)21/h3,6,9,11-13H,4-5,7-8,10H2,1-2H3. The maximum atomic E-state index is 12.8. The lowest BCUT2D eigenvalue weighted by Crippen LogP contribution is -2.39. The summed E-state index contributed by atoms with van der Waals surface area (Å²) in [7, 11) is 3.56. The smallest absolute Gasteiger partial charge is 0.371 e. The van der Waals surface area contributed by atoms with Crippen LogP contribution in [0, 0.1) is 5.92 Å². The molecule has 0 radical (unpaired) electrons. The Morgan fingerprint density at radius 2 is 2.00 bits per heavy atom. The number of carbonyl (C=O) groups excluding carboxylic acids is 1. The Morgan fingerprint density at radius 3 is 2.59 bits per heavy atom. The number of aryl methyl sites for hydroxylation is 1. The van der Waals surface area contributed by atoms with Crippen LogP contribution in [0.25, 0.3) is 0 Å². The Hall–Kier alpha value is -2.58. The Balaban J connectivity index is 1.55. The van der Waals surface area contributed by atoms with Crippen LogP contribution in [0.2, 0.25) is 0 Å². The van der Waals surface area contributed by atoms with Gasteiger partial charge in [0.05, 0.1) is 6.33 Å². The van der Waals surface area contributed by atoms with Crippen molar-refractivity contribution in [2.75, 3.05) is 31.6 Å². The van der Waals surface area contributed by atoms with Crippen LogP contribution in [0.15, 0.2) is 30.9 Å². The van der Waals surface area contributed by atoms with Gasteiger partial charge >= 0.3 is 6.18 Å². The van der Waals surface area contributed by atoms with E-state index in [1.54, 1.807) is 35.1 Å². The summed E-state index contributed by atoms with van der Waals surface area (Å²) >= 11 is 0. The predicted molar refractivity (Wildman–Crippen MR) is 94.3 cm³/mol. The maximum absolute atomic E-state index is 12.8. The van der Waals surface area contributed by atoms with Gasteiger partial charge in [-0.25, -0.2) is 4.98 Å². The Bertz CT molecular complexity index is 796. The molecular weight excluding hydrogens is 359 g/mol. The van der Waals surface area contributed by atoms with E-state index in [9.17, 15) is 18.0 Å². The second-order valence-electron chi connectivity index (χ2n) is 6.94. The summed E-state index contributed by atoms with van der Waals surface area (Å²) in [5.41, 5.74) is 0.0745. The minimum atomic E-state index is -4.44. The highest BCUT2D eigenvalue weighted by Crippen LogP contribution is 2.31. The normalized spacial score (nSPS) is 15.8. The number of hydrogen-bond donors (Lipinski definition) is 0. The van der Waals surface area contributed by atoms with Crippen LogP contribution in [0.5, 0.6) is 0 Å². The number of halogens is 3. The second kappa shape index (κ2) is 7.58. The topological polar surface area (TPSA) is 54.3 Å². The fourth-order valence-electron chi connectivity index (χ4n) is 3.33. The average Bonchev–Trinajstić information content (AvgIpc) is 3.07. The molecule has 0 saturated carbocycles. The number of amides is 1. The van der Waals surface area contributed by atoms with E-state index in [4.69, 9.17) is 0 Å². The van der Waals surface area contributed by atoms with Crippen molar-refractivity contribution in [1.29, 1.82) is 0 Å². The van der Waals surface area contributed by atoms with Crippen LogP contribution in [-0.2, 0) is 13.2 Å². The number of imidazole rings is 1. The Kier molecular flexibility index (Phi) is 5.38. The highest BCUT2D eigenvalue weighted by molar-refractivity contribution is 5.91. The highest BCUT2D eigenvalue weighted by atomic mass is 19.4. The van der Waals surface area contributed by atoms with Gasteiger partial charge in [0.1, 0.15) is 11.4 Å². The van der Waals surface area contributed by atoms with E-state index in [0.29, 0.717) is 36.9 Å². The number of anilines is 1. The molecular formula is C18H22F3N5O. The van der Waals surface area contributed by atoms with Crippen LogP contribution >= 0.6 is 0 Å². The summed E-state index contributed by atoms with van der Waals surface area (Å²) in [5.74, 6) is 0.185. The molecule has 9 heteroatoms. The number of rotatable bonds is 4. The van der Waals surface area contributed by atoms with E-state index in [2.05, 4.69) is 9.97 Å². The maximum Gasteiger partial charge on any atom is 0.433 e. The Morgan fingerprint density at radius 1 is 1.30 bits per heavy atom. The minimum absolute atomic E-state index is 0.123. The quantitative estimate of drug-likeness (QED) is 0.817. The summed E-state index contributed by atoms with van der Waals surface area (Å²) in [6.45, 7) is 1.91. The third-order valence-electron chi connectivity index (χ3n) is 4.82. The van der Waals surface area contributed by atoms with E-state index in [-0.39, 0.29) is 5.91 Å².